The number of methoxy groups -OCH3 is 1. The van der Waals surface area contributed by atoms with E-state index in [9.17, 15) is 9.90 Å². The smallest absolute Gasteiger partial charge is 0.323 e. The van der Waals surface area contributed by atoms with Gasteiger partial charge in [-0.15, -0.1) is 0 Å². The van der Waals surface area contributed by atoms with Crippen molar-refractivity contribution in [2.45, 2.75) is 12.5 Å². The van der Waals surface area contributed by atoms with Crippen molar-refractivity contribution >= 4 is 5.97 Å². The number of esters is 1. The quantitative estimate of drug-likeness (QED) is 0.646. The molecule has 5 heteroatoms. The molecule has 0 saturated carbocycles. The van der Waals surface area contributed by atoms with Gasteiger partial charge in [-0.05, 0) is 18.7 Å². The number of aromatic hydroxyl groups is 2. The Labute approximate surface area is 93.7 Å². The van der Waals surface area contributed by atoms with E-state index in [1.807, 2.05) is 0 Å². The van der Waals surface area contributed by atoms with Gasteiger partial charge in [-0.25, -0.2) is 0 Å². The van der Waals surface area contributed by atoms with E-state index in [-0.39, 0.29) is 11.5 Å². The normalized spacial score (nSPS) is 12.1. The Morgan fingerprint density at radius 3 is 2.69 bits per heavy atom. The first-order valence-electron chi connectivity index (χ1n) is 4.84. The lowest BCUT2D eigenvalue weighted by atomic mass is 10.0. The molecule has 1 rings (SSSR count). The average Bonchev–Trinajstić information content (AvgIpc) is 2.27. The summed E-state index contributed by atoms with van der Waals surface area (Å²) in [5.74, 6) is -0.445. The second-order valence-electron chi connectivity index (χ2n) is 3.38. The molecule has 1 aromatic rings. The minimum atomic E-state index is -0.513. The lowest BCUT2D eigenvalue weighted by Gasteiger charge is -2.14. The molecule has 0 bridgehead atoms. The first-order chi connectivity index (χ1) is 7.58. The highest BCUT2D eigenvalue weighted by Gasteiger charge is 2.18. The molecule has 3 N–H and O–H groups in total. The first-order valence-corrected chi connectivity index (χ1v) is 4.84. The lowest BCUT2D eigenvalue weighted by Crippen LogP contribution is -2.36. The Morgan fingerprint density at radius 2 is 2.19 bits per heavy atom. The molecular weight excluding hydrogens is 210 g/mol. The Bertz CT molecular complexity index is 378. The molecule has 0 aromatic heterocycles. The molecule has 1 aromatic carbocycles. The number of hydrogen-bond acceptors (Lipinski definition) is 5. The maximum atomic E-state index is 11.3. The zero-order valence-corrected chi connectivity index (χ0v) is 9.23. The standard InChI is InChI=1S/C11H15NO4/c1-12-9(11(15)16-2)5-7-3-4-8(13)6-10(7)14/h3-4,6,9,12-14H,5H2,1-2H3/t9-/m0/s1. The third kappa shape index (κ3) is 2.87. The summed E-state index contributed by atoms with van der Waals surface area (Å²) in [6.07, 6.45) is 0.301. The molecule has 0 spiro atoms. The van der Waals surface area contributed by atoms with E-state index in [1.54, 1.807) is 13.1 Å². The van der Waals surface area contributed by atoms with Crippen molar-refractivity contribution in [2.75, 3.05) is 14.2 Å². The molecule has 0 amide bonds. The summed E-state index contributed by atoms with van der Waals surface area (Å²) in [7, 11) is 2.95. The number of nitrogens with one attached hydrogen (secondary N) is 1. The van der Waals surface area contributed by atoms with Gasteiger partial charge >= 0.3 is 5.97 Å². The van der Waals surface area contributed by atoms with Crippen LogP contribution in [0.3, 0.4) is 0 Å². The van der Waals surface area contributed by atoms with Crippen LogP contribution in [0.15, 0.2) is 18.2 Å². The van der Waals surface area contributed by atoms with Crippen molar-refractivity contribution in [2.24, 2.45) is 0 Å². The van der Waals surface area contributed by atoms with Crippen LogP contribution in [0.25, 0.3) is 0 Å². The highest BCUT2D eigenvalue weighted by molar-refractivity contribution is 5.76. The van der Waals surface area contributed by atoms with Gasteiger partial charge in [-0.2, -0.15) is 0 Å². The van der Waals surface area contributed by atoms with Gasteiger partial charge in [0.05, 0.1) is 7.11 Å². The number of likely N-dealkylation sites (N-methyl/N-ethyl adjacent to an activating group) is 1. The van der Waals surface area contributed by atoms with Crippen LogP contribution in [-0.2, 0) is 16.0 Å². The molecule has 88 valence electrons. The summed E-state index contributed by atoms with van der Waals surface area (Å²) in [5.41, 5.74) is 0.572. The summed E-state index contributed by atoms with van der Waals surface area (Å²) in [5, 5.41) is 21.5. The highest BCUT2D eigenvalue weighted by atomic mass is 16.5. The van der Waals surface area contributed by atoms with Crippen LogP contribution in [-0.4, -0.2) is 36.4 Å². The largest absolute Gasteiger partial charge is 0.508 e. The summed E-state index contributed by atoms with van der Waals surface area (Å²) in [4.78, 5) is 11.3. The number of rotatable bonds is 4. The number of hydrogen-bond donors (Lipinski definition) is 3. The molecule has 0 unspecified atom stereocenters. The van der Waals surface area contributed by atoms with Gasteiger partial charge < -0.3 is 20.3 Å². The third-order valence-corrected chi connectivity index (χ3v) is 2.33. The SMILES string of the molecule is CN[C@@H](Cc1ccc(O)cc1O)C(=O)OC. The van der Waals surface area contributed by atoms with Crippen molar-refractivity contribution in [3.05, 3.63) is 23.8 Å². The summed E-state index contributed by atoms with van der Waals surface area (Å²) < 4.78 is 4.61. The van der Waals surface area contributed by atoms with Crippen molar-refractivity contribution in [1.82, 2.24) is 5.32 Å². The minimum absolute atomic E-state index is 0.0136. The zero-order valence-electron chi connectivity index (χ0n) is 9.23. The van der Waals surface area contributed by atoms with Gasteiger partial charge in [0.25, 0.3) is 0 Å². The van der Waals surface area contributed by atoms with Crippen molar-refractivity contribution in [3.63, 3.8) is 0 Å². The molecule has 0 aliphatic heterocycles. The van der Waals surface area contributed by atoms with E-state index < -0.39 is 12.0 Å². The van der Waals surface area contributed by atoms with Crippen molar-refractivity contribution in [1.29, 1.82) is 0 Å². The predicted octanol–water partition coefficient (Wildman–Crippen LogP) is 0.401. The Morgan fingerprint density at radius 1 is 1.50 bits per heavy atom. The van der Waals surface area contributed by atoms with Crippen LogP contribution in [0.5, 0.6) is 11.5 Å². The Hall–Kier alpha value is -1.75. The van der Waals surface area contributed by atoms with Gasteiger partial charge in [0, 0.05) is 12.5 Å². The van der Waals surface area contributed by atoms with E-state index in [4.69, 9.17) is 5.11 Å². The molecule has 0 radical (unpaired) electrons. The monoisotopic (exact) mass is 225 g/mol. The molecule has 16 heavy (non-hydrogen) atoms. The topological polar surface area (TPSA) is 78.8 Å². The predicted molar refractivity (Wildman–Crippen MR) is 58.3 cm³/mol. The fourth-order valence-electron chi connectivity index (χ4n) is 1.39. The van der Waals surface area contributed by atoms with Crippen LogP contribution in [0, 0.1) is 0 Å². The van der Waals surface area contributed by atoms with E-state index in [2.05, 4.69) is 10.1 Å². The van der Waals surface area contributed by atoms with E-state index in [0.717, 1.165) is 0 Å². The van der Waals surface area contributed by atoms with Crippen molar-refractivity contribution < 1.29 is 19.7 Å². The Kier molecular flexibility index (Phi) is 4.13. The lowest BCUT2D eigenvalue weighted by molar-refractivity contribution is -0.142. The molecular formula is C11H15NO4. The second kappa shape index (κ2) is 5.37. The molecule has 1 atom stereocenters. The fraction of sp³-hybridized carbons (Fsp3) is 0.364. The number of phenols is 2. The van der Waals surface area contributed by atoms with Gasteiger partial charge in [0.2, 0.25) is 0 Å². The molecule has 0 aliphatic carbocycles. The van der Waals surface area contributed by atoms with Crippen LogP contribution < -0.4 is 5.32 Å². The minimum Gasteiger partial charge on any atom is -0.508 e. The van der Waals surface area contributed by atoms with Gasteiger partial charge in [-0.1, -0.05) is 6.07 Å². The zero-order chi connectivity index (χ0) is 12.1. The van der Waals surface area contributed by atoms with Gasteiger partial charge in [-0.3, -0.25) is 4.79 Å². The van der Waals surface area contributed by atoms with Gasteiger partial charge in [0.1, 0.15) is 17.5 Å². The summed E-state index contributed by atoms with van der Waals surface area (Å²) in [6.45, 7) is 0. The van der Waals surface area contributed by atoms with Crippen LogP contribution in [0.4, 0.5) is 0 Å². The van der Waals surface area contributed by atoms with Crippen LogP contribution >= 0.6 is 0 Å². The number of phenolic OH excluding ortho intramolecular Hbond substituents is 2. The summed E-state index contributed by atoms with van der Waals surface area (Å²) >= 11 is 0. The van der Waals surface area contributed by atoms with Crippen LogP contribution in [0.1, 0.15) is 5.56 Å². The second-order valence-corrected chi connectivity index (χ2v) is 3.38. The number of ether oxygens (including phenoxy) is 1. The van der Waals surface area contributed by atoms with Crippen molar-refractivity contribution in [3.8, 4) is 11.5 Å². The number of carbonyl (C=O) groups is 1. The molecule has 0 saturated heterocycles. The highest BCUT2D eigenvalue weighted by Crippen LogP contribution is 2.23. The molecule has 0 fully saturated rings. The van der Waals surface area contributed by atoms with E-state index in [1.165, 1.54) is 19.2 Å². The molecule has 0 heterocycles. The summed E-state index contributed by atoms with van der Waals surface area (Å²) in [6, 6.07) is 3.75. The maximum absolute atomic E-state index is 11.3. The van der Waals surface area contributed by atoms with Gasteiger partial charge in [0.15, 0.2) is 0 Å². The number of carbonyl (C=O) groups excluding carboxylic acids is 1. The average molecular weight is 225 g/mol. The fourth-order valence-corrected chi connectivity index (χ4v) is 1.39. The van der Waals surface area contributed by atoms with E-state index in [0.29, 0.717) is 12.0 Å². The van der Waals surface area contributed by atoms with E-state index >= 15 is 0 Å². The maximum Gasteiger partial charge on any atom is 0.323 e. The van der Waals surface area contributed by atoms with Crippen LogP contribution in [0.2, 0.25) is 0 Å². The first kappa shape index (κ1) is 12.3. The number of benzene rings is 1. The molecule has 0 aliphatic rings. The Balaban J connectivity index is 2.82. The third-order valence-electron chi connectivity index (χ3n) is 2.33. The molecule has 5 nitrogen and oxygen atoms in total.